The molecule has 0 aliphatic heterocycles. The summed E-state index contributed by atoms with van der Waals surface area (Å²) in [5.74, 6) is 0.0876. The Morgan fingerprint density at radius 1 is 1.07 bits per heavy atom. The maximum absolute atomic E-state index is 12.2. The van der Waals surface area contributed by atoms with Gasteiger partial charge < -0.3 is 5.32 Å². The molecule has 1 aliphatic carbocycles. The molecule has 1 heterocycles. The number of nitrogens with one attached hydrogen (secondary N) is 1. The first kappa shape index (κ1) is 19.3. The lowest BCUT2D eigenvalue weighted by Crippen LogP contribution is -2.34. The first-order valence-corrected chi connectivity index (χ1v) is 10.1. The molecule has 1 amide bonds. The molecule has 0 bridgehead atoms. The summed E-state index contributed by atoms with van der Waals surface area (Å²) in [5, 5.41) is 7.63. The highest BCUT2D eigenvalue weighted by atomic mass is 16.1. The van der Waals surface area contributed by atoms with Gasteiger partial charge in [0.05, 0.1) is 5.69 Å². The second-order valence-electron chi connectivity index (χ2n) is 7.51. The van der Waals surface area contributed by atoms with Gasteiger partial charge in [-0.1, -0.05) is 55.5 Å². The summed E-state index contributed by atoms with van der Waals surface area (Å²) >= 11 is 0. The molecule has 3 rings (SSSR count). The number of hydrogen-bond acceptors (Lipinski definition) is 3. The summed E-state index contributed by atoms with van der Waals surface area (Å²) in [7, 11) is 0. The Bertz CT molecular complexity index is 803. The van der Waals surface area contributed by atoms with Crippen LogP contribution in [0.25, 0.3) is 11.3 Å². The minimum Gasteiger partial charge on any atom is -0.353 e. The minimum atomic E-state index is -0.130. The number of benzene rings is 1. The summed E-state index contributed by atoms with van der Waals surface area (Å²) in [4.78, 5) is 24.3. The van der Waals surface area contributed by atoms with Crippen LogP contribution in [0.4, 0.5) is 0 Å². The molecule has 1 aliphatic rings. The molecular formula is C22H29N3O2. The van der Waals surface area contributed by atoms with Crippen molar-refractivity contribution in [3.63, 3.8) is 0 Å². The van der Waals surface area contributed by atoms with Gasteiger partial charge in [-0.25, -0.2) is 4.68 Å². The molecule has 2 aromatic rings. The van der Waals surface area contributed by atoms with Crippen LogP contribution in [-0.4, -0.2) is 21.7 Å². The number of aryl methyl sites for hydroxylation is 2. The maximum atomic E-state index is 12.2. The third-order valence-corrected chi connectivity index (χ3v) is 5.21. The Morgan fingerprint density at radius 3 is 2.48 bits per heavy atom. The highest BCUT2D eigenvalue weighted by Crippen LogP contribution is 2.18. The third-order valence-electron chi connectivity index (χ3n) is 5.21. The molecule has 1 aromatic carbocycles. The van der Waals surface area contributed by atoms with Gasteiger partial charge in [0.2, 0.25) is 5.91 Å². The maximum Gasteiger partial charge on any atom is 0.266 e. The van der Waals surface area contributed by atoms with Gasteiger partial charge in [0.25, 0.3) is 5.56 Å². The average Bonchev–Trinajstić information content (AvgIpc) is 2.92. The van der Waals surface area contributed by atoms with Gasteiger partial charge in [-0.3, -0.25) is 9.59 Å². The molecule has 1 fully saturated rings. The number of carbonyl (C=O) groups is 1. The molecule has 0 spiro atoms. The van der Waals surface area contributed by atoms with Crippen molar-refractivity contribution < 1.29 is 4.79 Å². The van der Waals surface area contributed by atoms with Crippen LogP contribution in [0.3, 0.4) is 0 Å². The van der Waals surface area contributed by atoms with Crippen molar-refractivity contribution in [1.29, 1.82) is 0 Å². The van der Waals surface area contributed by atoms with E-state index in [1.54, 1.807) is 12.1 Å². The highest BCUT2D eigenvalue weighted by molar-refractivity contribution is 5.76. The first-order chi connectivity index (χ1) is 13.1. The SMILES string of the molecule is Cc1ccc(-c2ccc(=O)n(CCCC(=O)NC3CCCCCC3)n2)cc1. The van der Waals surface area contributed by atoms with Crippen molar-refractivity contribution in [3.8, 4) is 11.3 Å². The van der Waals surface area contributed by atoms with E-state index in [-0.39, 0.29) is 11.5 Å². The van der Waals surface area contributed by atoms with Gasteiger partial charge in [0.1, 0.15) is 0 Å². The number of hydrogen-bond donors (Lipinski definition) is 1. The van der Waals surface area contributed by atoms with E-state index in [2.05, 4.69) is 10.4 Å². The summed E-state index contributed by atoms with van der Waals surface area (Å²) < 4.78 is 1.47. The lowest BCUT2D eigenvalue weighted by molar-refractivity contribution is -0.122. The fourth-order valence-electron chi connectivity index (χ4n) is 3.60. The standard InChI is InChI=1S/C22H29N3O2/c1-17-10-12-18(13-11-17)20-14-15-22(27)25(24-20)16-6-9-21(26)23-19-7-4-2-3-5-8-19/h10-15,19H,2-9,16H2,1H3,(H,23,26). The summed E-state index contributed by atoms with van der Waals surface area (Å²) in [6.45, 7) is 2.49. The van der Waals surface area contributed by atoms with E-state index in [9.17, 15) is 9.59 Å². The number of amides is 1. The van der Waals surface area contributed by atoms with E-state index in [0.29, 0.717) is 25.4 Å². The molecule has 1 saturated carbocycles. The second-order valence-corrected chi connectivity index (χ2v) is 7.51. The Labute approximate surface area is 160 Å². The molecule has 144 valence electrons. The van der Waals surface area contributed by atoms with E-state index in [0.717, 1.165) is 24.1 Å². The van der Waals surface area contributed by atoms with Gasteiger partial charge in [-0.2, -0.15) is 5.10 Å². The highest BCUT2D eigenvalue weighted by Gasteiger charge is 2.14. The average molecular weight is 367 g/mol. The second kappa shape index (κ2) is 9.49. The molecule has 0 unspecified atom stereocenters. The van der Waals surface area contributed by atoms with Gasteiger partial charge in [-0.15, -0.1) is 0 Å². The summed E-state index contributed by atoms with van der Waals surface area (Å²) in [6, 6.07) is 11.7. The molecular weight excluding hydrogens is 338 g/mol. The van der Waals surface area contributed by atoms with Crippen LogP contribution < -0.4 is 10.9 Å². The zero-order chi connectivity index (χ0) is 19.1. The monoisotopic (exact) mass is 367 g/mol. The van der Waals surface area contributed by atoms with Crippen LogP contribution in [0, 0.1) is 6.92 Å². The lowest BCUT2D eigenvalue weighted by atomic mass is 10.1. The Hall–Kier alpha value is -2.43. The predicted octanol–water partition coefficient (Wildman–Crippen LogP) is 3.84. The van der Waals surface area contributed by atoms with E-state index < -0.39 is 0 Å². The van der Waals surface area contributed by atoms with Crippen LogP contribution in [0.15, 0.2) is 41.2 Å². The Morgan fingerprint density at radius 2 is 1.78 bits per heavy atom. The summed E-state index contributed by atoms with van der Waals surface area (Å²) in [5.41, 5.74) is 2.82. The van der Waals surface area contributed by atoms with Crippen LogP contribution in [0.5, 0.6) is 0 Å². The fraction of sp³-hybridized carbons (Fsp3) is 0.500. The predicted molar refractivity (Wildman–Crippen MR) is 108 cm³/mol. The molecule has 27 heavy (non-hydrogen) atoms. The van der Waals surface area contributed by atoms with Gasteiger partial charge in [0, 0.05) is 30.6 Å². The number of rotatable bonds is 6. The smallest absolute Gasteiger partial charge is 0.266 e. The Kier molecular flexibility index (Phi) is 6.80. The van der Waals surface area contributed by atoms with Crippen LogP contribution in [-0.2, 0) is 11.3 Å². The minimum absolute atomic E-state index is 0.0876. The molecule has 5 nitrogen and oxygen atoms in total. The van der Waals surface area contributed by atoms with Crippen molar-refractivity contribution in [2.24, 2.45) is 0 Å². The summed E-state index contributed by atoms with van der Waals surface area (Å²) in [6.07, 6.45) is 8.18. The van der Waals surface area contributed by atoms with Crippen LogP contribution in [0.1, 0.15) is 56.9 Å². The zero-order valence-corrected chi connectivity index (χ0v) is 16.1. The van der Waals surface area contributed by atoms with E-state index in [1.165, 1.54) is 35.9 Å². The van der Waals surface area contributed by atoms with Crippen LogP contribution in [0.2, 0.25) is 0 Å². The fourth-order valence-corrected chi connectivity index (χ4v) is 3.60. The largest absolute Gasteiger partial charge is 0.353 e. The van der Waals surface area contributed by atoms with Gasteiger partial charge in [-0.05, 0) is 32.3 Å². The topological polar surface area (TPSA) is 64.0 Å². The quantitative estimate of drug-likeness (QED) is 0.789. The third kappa shape index (κ3) is 5.78. The van der Waals surface area contributed by atoms with Crippen molar-refractivity contribution in [2.45, 2.75) is 70.9 Å². The van der Waals surface area contributed by atoms with Crippen molar-refractivity contribution >= 4 is 5.91 Å². The molecule has 1 N–H and O–H groups in total. The van der Waals surface area contributed by atoms with Crippen molar-refractivity contribution in [3.05, 3.63) is 52.3 Å². The number of nitrogens with zero attached hydrogens (tertiary/aromatic N) is 2. The van der Waals surface area contributed by atoms with E-state index >= 15 is 0 Å². The normalized spacial score (nSPS) is 15.3. The lowest BCUT2D eigenvalue weighted by Gasteiger charge is -2.16. The molecule has 1 aromatic heterocycles. The van der Waals surface area contributed by atoms with E-state index in [4.69, 9.17) is 0 Å². The molecule has 0 radical (unpaired) electrons. The van der Waals surface area contributed by atoms with Gasteiger partial charge >= 0.3 is 0 Å². The van der Waals surface area contributed by atoms with Crippen molar-refractivity contribution in [2.75, 3.05) is 0 Å². The van der Waals surface area contributed by atoms with E-state index in [1.807, 2.05) is 31.2 Å². The van der Waals surface area contributed by atoms with Gasteiger partial charge in [0.15, 0.2) is 0 Å². The first-order valence-electron chi connectivity index (χ1n) is 10.1. The molecule has 5 heteroatoms. The Balaban J connectivity index is 1.54. The molecule has 0 saturated heterocycles. The number of aromatic nitrogens is 2. The zero-order valence-electron chi connectivity index (χ0n) is 16.1. The van der Waals surface area contributed by atoms with Crippen LogP contribution >= 0.6 is 0 Å². The van der Waals surface area contributed by atoms with Crippen molar-refractivity contribution in [1.82, 2.24) is 15.1 Å². The molecule has 0 atom stereocenters. The number of carbonyl (C=O) groups excluding carboxylic acids is 1.